The van der Waals surface area contributed by atoms with E-state index in [1.54, 1.807) is 0 Å². The van der Waals surface area contributed by atoms with Gasteiger partial charge in [0.05, 0.1) is 0 Å². The fraction of sp³-hybridized carbons (Fsp3) is 0.316. The number of rotatable bonds is 1. The topological polar surface area (TPSA) is 17.1 Å². The standard InChI is InChI=1S/C19H20O/c1-11-5-7-15(8-6-11)16-10-17(20)18-13(3)9-12(2)14(4)19(16)18/h5-9,16H,10H2,1-4H3. The number of ketones is 1. The Morgan fingerprint density at radius 2 is 1.60 bits per heavy atom. The molecule has 0 fully saturated rings. The van der Waals surface area contributed by atoms with Crippen molar-refractivity contribution in [1.29, 1.82) is 0 Å². The van der Waals surface area contributed by atoms with Gasteiger partial charge in [0.1, 0.15) is 0 Å². The second-order valence-corrected chi connectivity index (χ2v) is 6.01. The molecule has 0 radical (unpaired) electrons. The van der Waals surface area contributed by atoms with Gasteiger partial charge in [-0.25, -0.2) is 0 Å². The summed E-state index contributed by atoms with van der Waals surface area (Å²) in [7, 11) is 0. The second-order valence-electron chi connectivity index (χ2n) is 6.01. The van der Waals surface area contributed by atoms with Crippen LogP contribution in [0.1, 0.15) is 56.1 Å². The van der Waals surface area contributed by atoms with Crippen molar-refractivity contribution in [3.8, 4) is 0 Å². The molecule has 0 saturated carbocycles. The molecule has 0 heterocycles. The molecule has 0 bridgehead atoms. The molecule has 20 heavy (non-hydrogen) atoms. The summed E-state index contributed by atoms with van der Waals surface area (Å²) < 4.78 is 0. The van der Waals surface area contributed by atoms with Gasteiger partial charge in [-0.3, -0.25) is 4.79 Å². The Morgan fingerprint density at radius 1 is 0.950 bits per heavy atom. The van der Waals surface area contributed by atoms with Gasteiger partial charge in [0.25, 0.3) is 0 Å². The van der Waals surface area contributed by atoms with E-state index in [-0.39, 0.29) is 5.92 Å². The van der Waals surface area contributed by atoms with Gasteiger partial charge in [0.2, 0.25) is 0 Å². The Labute approximate surface area is 120 Å². The maximum atomic E-state index is 12.4. The maximum Gasteiger partial charge on any atom is 0.164 e. The zero-order valence-electron chi connectivity index (χ0n) is 12.6. The van der Waals surface area contributed by atoms with Gasteiger partial charge < -0.3 is 0 Å². The number of carbonyl (C=O) groups excluding carboxylic acids is 1. The third-order valence-corrected chi connectivity index (χ3v) is 4.59. The number of hydrogen-bond acceptors (Lipinski definition) is 1. The van der Waals surface area contributed by atoms with E-state index in [4.69, 9.17) is 0 Å². The molecular weight excluding hydrogens is 244 g/mol. The Bertz CT molecular complexity index is 693. The summed E-state index contributed by atoms with van der Waals surface area (Å²) in [6, 6.07) is 10.7. The Kier molecular flexibility index (Phi) is 3.01. The first-order valence-electron chi connectivity index (χ1n) is 7.19. The highest BCUT2D eigenvalue weighted by atomic mass is 16.1. The molecule has 3 rings (SSSR count). The van der Waals surface area contributed by atoms with Crippen LogP contribution < -0.4 is 0 Å². The highest BCUT2D eigenvalue weighted by Gasteiger charge is 2.33. The second kappa shape index (κ2) is 4.59. The zero-order valence-corrected chi connectivity index (χ0v) is 12.6. The molecule has 0 amide bonds. The summed E-state index contributed by atoms with van der Waals surface area (Å²) in [6.07, 6.45) is 0.615. The SMILES string of the molecule is Cc1ccc(C2CC(=O)c3c(C)cc(C)c(C)c32)cc1. The summed E-state index contributed by atoms with van der Waals surface area (Å²) in [5.41, 5.74) is 8.44. The molecule has 0 saturated heterocycles. The summed E-state index contributed by atoms with van der Waals surface area (Å²) in [5, 5.41) is 0. The van der Waals surface area contributed by atoms with Crippen LogP contribution in [-0.2, 0) is 0 Å². The van der Waals surface area contributed by atoms with Crippen molar-refractivity contribution in [3.05, 3.63) is 69.3 Å². The number of aryl methyl sites for hydroxylation is 3. The van der Waals surface area contributed by atoms with Crippen molar-refractivity contribution in [1.82, 2.24) is 0 Å². The molecule has 102 valence electrons. The minimum Gasteiger partial charge on any atom is -0.294 e. The van der Waals surface area contributed by atoms with Gasteiger partial charge in [-0.05, 0) is 55.5 Å². The van der Waals surface area contributed by atoms with Crippen molar-refractivity contribution in [2.45, 2.75) is 40.0 Å². The van der Waals surface area contributed by atoms with Crippen LogP contribution in [0, 0.1) is 27.7 Å². The lowest BCUT2D eigenvalue weighted by Gasteiger charge is -2.17. The summed E-state index contributed by atoms with van der Waals surface area (Å²) in [4.78, 5) is 12.4. The third-order valence-electron chi connectivity index (χ3n) is 4.59. The molecule has 1 heteroatoms. The van der Waals surface area contributed by atoms with Gasteiger partial charge in [-0.1, -0.05) is 35.9 Å². The van der Waals surface area contributed by atoms with Crippen LogP contribution in [0.3, 0.4) is 0 Å². The molecule has 1 nitrogen and oxygen atoms in total. The molecule has 0 N–H and O–H groups in total. The van der Waals surface area contributed by atoms with E-state index in [1.807, 2.05) is 0 Å². The Hall–Kier alpha value is -1.89. The largest absolute Gasteiger partial charge is 0.294 e. The van der Waals surface area contributed by atoms with Crippen LogP contribution in [0.2, 0.25) is 0 Å². The van der Waals surface area contributed by atoms with Gasteiger partial charge in [-0.15, -0.1) is 0 Å². The molecule has 2 aromatic carbocycles. The monoisotopic (exact) mass is 264 g/mol. The minimum atomic E-state index is 0.233. The fourth-order valence-corrected chi connectivity index (χ4v) is 3.40. The highest BCUT2D eigenvalue weighted by molar-refractivity contribution is 6.03. The summed E-state index contributed by atoms with van der Waals surface area (Å²) in [6.45, 7) is 8.43. The van der Waals surface area contributed by atoms with Gasteiger partial charge in [0, 0.05) is 17.9 Å². The minimum absolute atomic E-state index is 0.233. The molecule has 2 aromatic rings. The first-order chi connectivity index (χ1) is 9.49. The number of carbonyl (C=O) groups is 1. The van der Waals surface area contributed by atoms with Crippen LogP contribution in [0.5, 0.6) is 0 Å². The third kappa shape index (κ3) is 1.89. The Morgan fingerprint density at radius 3 is 2.25 bits per heavy atom. The molecule has 0 aliphatic heterocycles. The number of Topliss-reactive ketones (excluding diaryl/α,β-unsaturated/α-hetero) is 1. The summed E-state index contributed by atoms with van der Waals surface area (Å²) >= 11 is 0. The fourth-order valence-electron chi connectivity index (χ4n) is 3.40. The van der Waals surface area contributed by atoms with E-state index >= 15 is 0 Å². The first-order valence-corrected chi connectivity index (χ1v) is 7.19. The van der Waals surface area contributed by atoms with E-state index in [1.165, 1.54) is 27.8 Å². The normalized spacial score (nSPS) is 17.4. The van der Waals surface area contributed by atoms with Crippen molar-refractivity contribution in [2.24, 2.45) is 0 Å². The summed E-state index contributed by atoms with van der Waals surface area (Å²) in [5.74, 6) is 0.530. The molecule has 0 spiro atoms. The lowest BCUT2D eigenvalue weighted by atomic mass is 9.87. The maximum absolute atomic E-state index is 12.4. The lowest BCUT2D eigenvalue weighted by Crippen LogP contribution is -2.01. The molecule has 1 aliphatic carbocycles. The zero-order chi connectivity index (χ0) is 14.4. The molecule has 1 aliphatic rings. The molecular formula is C19H20O. The quantitative estimate of drug-likeness (QED) is 0.733. The van der Waals surface area contributed by atoms with Crippen molar-refractivity contribution < 1.29 is 4.79 Å². The van der Waals surface area contributed by atoms with Gasteiger partial charge in [-0.2, -0.15) is 0 Å². The lowest BCUT2D eigenvalue weighted by molar-refractivity contribution is 0.0991. The predicted molar refractivity (Wildman–Crippen MR) is 82.6 cm³/mol. The van der Waals surface area contributed by atoms with Crippen LogP contribution in [-0.4, -0.2) is 5.78 Å². The molecule has 1 unspecified atom stereocenters. The van der Waals surface area contributed by atoms with Crippen LogP contribution in [0.25, 0.3) is 0 Å². The van der Waals surface area contributed by atoms with E-state index in [0.29, 0.717) is 12.2 Å². The number of fused-ring (bicyclic) bond motifs is 1. The average molecular weight is 264 g/mol. The average Bonchev–Trinajstić information content (AvgIpc) is 2.75. The van der Waals surface area contributed by atoms with Gasteiger partial charge >= 0.3 is 0 Å². The first kappa shape index (κ1) is 13.1. The van der Waals surface area contributed by atoms with Crippen molar-refractivity contribution in [3.63, 3.8) is 0 Å². The number of hydrogen-bond donors (Lipinski definition) is 0. The van der Waals surface area contributed by atoms with Crippen LogP contribution >= 0.6 is 0 Å². The van der Waals surface area contributed by atoms with E-state index in [0.717, 1.165) is 11.1 Å². The molecule has 0 aromatic heterocycles. The van der Waals surface area contributed by atoms with Crippen molar-refractivity contribution >= 4 is 5.78 Å². The Balaban J connectivity index is 2.21. The van der Waals surface area contributed by atoms with E-state index < -0.39 is 0 Å². The predicted octanol–water partition coefficient (Wildman–Crippen LogP) is 4.64. The van der Waals surface area contributed by atoms with Crippen molar-refractivity contribution in [2.75, 3.05) is 0 Å². The van der Waals surface area contributed by atoms with Crippen LogP contribution in [0.15, 0.2) is 30.3 Å². The number of benzene rings is 2. The van der Waals surface area contributed by atoms with E-state index in [2.05, 4.69) is 58.0 Å². The van der Waals surface area contributed by atoms with Gasteiger partial charge in [0.15, 0.2) is 5.78 Å². The van der Waals surface area contributed by atoms with Crippen LogP contribution in [0.4, 0.5) is 0 Å². The van der Waals surface area contributed by atoms with E-state index in [9.17, 15) is 4.79 Å². The molecule has 1 atom stereocenters. The smallest absolute Gasteiger partial charge is 0.164 e. The highest BCUT2D eigenvalue weighted by Crippen LogP contribution is 2.42.